The van der Waals surface area contributed by atoms with Crippen LogP contribution in [0.25, 0.3) is 0 Å². The fraction of sp³-hybridized carbons (Fsp3) is 0.500. The minimum absolute atomic E-state index is 0.550. The van der Waals surface area contributed by atoms with Gasteiger partial charge in [0.2, 0.25) is 0 Å². The highest BCUT2D eigenvalue weighted by Crippen LogP contribution is 2.63. The van der Waals surface area contributed by atoms with Crippen molar-refractivity contribution < 1.29 is 9.09 Å². The number of halogens is 1. The molecule has 5 heteroatoms. The Morgan fingerprint density at radius 1 is 2.00 bits per heavy atom. The van der Waals surface area contributed by atoms with Crippen LogP contribution >= 0.6 is 28.5 Å². The van der Waals surface area contributed by atoms with Gasteiger partial charge in [-0.05, 0) is 22.6 Å². The van der Waals surface area contributed by atoms with Gasteiger partial charge in [-0.3, -0.25) is 4.57 Å². The van der Waals surface area contributed by atoms with Gasteiger partial charge in [-0.2, -0.15) is 0 Å². The van der Waals surface area contributed by atoms with E-state index in [0.717, 1.165) is 11.4 Å². The first-order chi connectivity index (χ1) is 4.12. The summed E-state index contributed by atoms with van der Waals surface area (Å²) in [4.78, 5) is 0. The Bertz CT molecular complexity index is 139. The summed E-state index contributed by atoms with van der Waals surface area (Å²) in [5.41, 5.74) is 0. The second-order valence-corrected chi connectivity index (χ2v) is 7.17. The summed E-state index contributed by atoms with van der Waals surface area (Å²) in [5, 5.41) is 0. The van der Waals surface area contributed by atoms with Crippen molar-refractivity contribution in [1.29, 1.82) is 0 Å². The minimum atomic E-state index is -2.87. The van der Waals surface area contributed by atoms with Crippen LogP contribution in [0.3, 0.4) is 0 Å². The minimum Gasteiger partial charge on any atom is -0.313 e. The molecule has 2 nitrogen and oxygen atoms in total. The fourth-order valence-corrected chi connectivity index (χ4v) is 2.26. The second-order valence-electron chi connectivity index (χ2n) is 1.20. The van der Waals surface area contributed by atoms with Crippen molar-refractivity contribution in [2.45, 2.75) is 0 Å². The van der Waals surface area contributed by atoms with Gasteiger partial charge in [0.05, 0.1) is 0 Å². The van der Waals surface area contributed by atoms with Gasteiger partial charge in [0.15, 0.2) is 0 Å². The standard InChI is InChI=1S/C4H8ClO2PS/c1-3-4-9-8(5,6)7-2/h3H,1,4H2,2H3. The van der Waals surface area contributed by atoms with E-state index >= 15 is 0 Å². The first kappa shape index (κ1) is 9.57. The SMILES string of the molecule is C=CCSP(=O)(Cl)OC. The molecule has 54 valence electrons. The Morgan fingerprint density at radius 3 is 2.89 bits per heavy atom. The molecule has 0 aliphatic heterocycles. The molecule has 0 aromatic carbocycles. The van der Waals surface area contributed by atoms with Gasteiger partial charge < -0.3 is 4.52 Å². The molecular weight excluding hydrogens is 179 g/mol. The third-order valence-electron chi connectivity index (χ3n) is 0.565. The highest BCUT2D eigenvalue weighted by atomic mass is 35.7. The van der Waals surface area contributed by atoms with Gasteiger partial charge in [-0.15, -0.1) is 6.58 Å². The van der Waals surface area contributed by atoms with Crippen molar-refractivity contribution in [3.63, 3.8) is 0 Å². The van der Waals surface area contributed by atoms with Gasteiger partial charge >= 0.3 is 5.92 Å². The first-order valence-corrected chi connectivity index (χ1v) is 6.35. The molecule has 0 rings (SSSR count). The molecule has 0 spiro atoms. The third kappa shape index (κ3) is 5.04. The predicted octanol–water partition coefficient (Wildman–Crippen LogP) is 2.90. The molecule has 0 saturated carbocycles. The highest BCUT2D eigenvalue weighted by molar-refractivity contribution is 8.63. The average molecular weight is 187 g/mol. The molecule has 0 aliphatic carbocycles. The molecule has 9 heavy (non-hydrogen) atoms. The van der Waals surface area contributed by atoms with Crippen molar-refractivity contribution >= 4 is 28.5 Å². The first-order valence-electron chi connectivity index (χ1n) is 2.23. The van der Waals surface area contributed by atoms with E-state index in [9.17, 15) is 4.57 Å². The van der Waals surface area contributed by atoms with Crippen LogP contribution in [0.4, 0.5) is 0 Å². The molecule has 0 fully saturated rings. The zero-order valence-corrected chi connectivity index (χ0v) is 7.51. The normalized spacial score (nSPS) is 16.7. The van der Waals surface area contributed by atoms with E-state index in [1.54, 1.807) is 6.08 Å². The zero-order chi connectivity index (χ0) is 7.33. The lowest BCUT2D eigenvalue weighted by Gasteiger charge is -2.02. The van der Waals surface area contributed by atoms with Crippen molar-refractivity contribution in [1.82, 2.24) is 0 Å². The average Bonchev–Trinajstić information content (AvgIpc) is 1.84. The molecule has 0 saturated heterocycles. The Labute approximate surface area is 63.6 Å². The van der Waals surface area contributed by atoms with Gasteiger partial charge in [-0.1, -0.05) is 6.08 Å². The lowest BCUT2D eigenvalue weighted by Crippen LogP contribution is -1.71. The van der Waals surface area contributed by atoms with E-state index < -0.39 is 5.92 Å². The van der Waals surface area contributed by atoms with Gasteiger partial charge in [-0.25, -0.2) is 0 Å². The maximum atomic E-state index is 10.8. The Hall–Kier alpha value is 0.570. The summed E-state index contributed by atoms with van der Waals surface area (Å²) in [6.07, 6.45) is 1.62. The van der Waals surface area contributed by atoms with Crippen LogP contribution in [0.1, 0.15) is 0 Å². The molecule has 0 bridgehead atoms. The van der Waals surface area contributed by atoms with Gasteiger partial charge in [0.1, 0.15) is 0 Å². The van der Waals surface area contributed by atoms with Crippen molar-refractivity contribution in [3.8, 4) is 0 Å². The van der Waals surface area contributed by atoms with E-state index in [0.29, 0.717) is 5.75 Å². The van der Waals surface area contributed by atoms with E-state index in [-0.39, 0.29) is 0 Å². The Morgan fingerprint density at radius 2 is 2.56 bits per heavy atom. The van der Waals surface area contributed by atoms with E-state index in [2.05, 4.69) is 11.1 Å². The number of hydrogen-bond acceptors (Lipinski definition) is 3. The summed E-state index contributed by atoms with van der Waals surface area (Å²) >= 11 is 6.41. The maximum absolute atomic E-state index is 10.8. The fourth-order valence-electron chi connectivity index (χ4n) is 0.194. The number of rotatable bonds is 4. The monoisotopic (exact) mass is 186 g/mol. The molecule has 1 unspecified atom stereocenters. The molecule has 0 aromatic heterocycles. The summed E-state index contributed by atoms with van der Waals surface area (Å²) in [7, 11) is 1.32. The quantitative estimate of drug-likeness (QED) is 0.499. The molecule has 0 aromatic rings. The van der Waals surface area contributed by atoms with Crippen LogP contribution in [0.5, 0.6) is 0 Å². The topological polar surface area (TPSA) is 26.3 Å². The summed E-state index contributed by atoms with van der Waals surface area (Å²) in [6.45, 7) is 3.44. The summed E-state index contributed by atoms with van der Waals surface area (Å²) < 4.78 is 15.3. The molecule has 0 heterocycles. The molecule has 0 N–H and O–H groups in total. The molecule has 1 atom stereocenters. The van der Waals surface area contributed by atoms with Crippen LogP contribution in [-0.4, -0.2) is 12.9 Å². The van der Waals surface area contributed by atoms with Crippen molar-refractivity contribution in [3.05, 3.63) is 12.7 Å². The molecular formula is C4H8ClO2PS. The van der Waals surface area contributed by atoms with E-state index in [1.165, 1.54) is 7.11 Å². The van der Waals surface area contributed by atoms with Crippen molar-refractivity contribution in [2.24, 2.45) is 0 Å². The molecule has 0 aliphatic rings. The third-order valence-corrected chi connectivity index (χ3v) is 4.81. The molecule has 0 amide bonds. The Balaban J connectivity index is 3.58. The number of hydrogen-bond donors (Lipinski definition) is 0. The Kier molecular flexibility index (Phi) is 4.67. The maximum Gasteiger partial charge on any atom is 0.346 e. The van der Waals surface area contributed by atoms with Crippen LogP contribution in [-0.2, 0) is 9.09 Å². The van der Waals surface area contributed by atoms with Crippen molar-refractivity contribution in [2.75, 3.05) is 12.9 Å². The van der Waals surface area contributed by atoms with Crippen LogP contribution in [0, 0.1) is 0 Å². The van der Waals surface area contributed by atoms with E-state index in [4.69, 9.17) is 11.2 Å². The van der Waals surface area contributed by atoms with Crippen LogP contribution in [0.2, 0.25) is 0 Å². The predicted molar refractivity (Wildman–Crippen MR) is 43.1 cm³/mol. The smallest absolute Gasteiger partial charge is 0.313 e. The summed E-state index contributed by atoms with van der Waals surface area (Å²) in [6, 6.07) is 0. The molecule has 0 radical (unpaired) electrons. The lowest BCUT2D eigenvalue weighted by atomic mass is 10.8. The second kappa shape index (κ2) is 4.40. The van der Waals surface area contributed by atoms with E-state index in [1.807, 2.05) is 0 Å². The highest BCUT2D eigenvalue weighted by Gasteiger charge is 2.15. The summed E-state index contributed by atoms with van der Waals surface area (Å²) in [5.74, 6) is -2.32. The van der Waals surface area contributed by atoms with Gasteiger partial charge in [0.25, 0.3) is 0 Å². The lowest BCUT2D eigenvalue weighted by molar-refractivity contribution is 0.423. The largest absolute Gasteiger partial charge is 0.346 e. The van der Waals surface area contributed by atoms with Crippen LogP contribution in [0.15, 0.2) is 12.7 Å². The van der Waals surface area contributed by atoms with Gasteiger partial charge in [0, 0.05) is 12.9 Å². The zero-order valence-electron chi connectivity index (χ0n) is 5.04. The van der Waals surface area contributed by atoms with Crippen LogP contribution < -0.4 is 0 Å².